The van der Waals surface area contributed by atoms with Crippen molar-refractivity contribution in [1.29, 1.82) is 0 Å². The lowest BCUT2D eigenvalue weighted by atomic mass is 10.1. The van der Waals surface area contributed by atoms with Crippen LogP contribution in [0.5, 0.6) is 0 Å². The van der Waals surface area contributed by atoms with Crippen LogP contribution in [0.1, 0.15) is 17.3 Å². The Balaban J connectivity index is 2.20. The van der Waals surface area contributed by atoms with Crippen LogP contribution in [0.2, 0.25) is 5.02 Å². The fourth-order valence-corrected chi connectivity index (χ4v) is 1.84. The molecule has 19 heavy (non-hydrogen) atoms. The van der Waals surface area contributed by atoms with Crippen molar-refractivity contribution < 1.29 is 4.79 Å². The molecule has 1 aromatic carbocycles. The Morgan fingerprint density at radius 2 is 2.11 bits per heavy atom. The third kappa shape index (κ3) is 3.45. The summed E-state index contributed by atoms with van der Waals surface area (Å²) in [6.45, 7) is 2.73. The van der Waals surface area contributed by atoms with Crippen molar-refractivity contribution in [2.45, 2.75) is 6.92 Å². The van der Waals surface area contributed by atoms with Gasteiger partial charge in [-0.3, -0.25) is 4.79 Å². The molecule has 1 heterocycles. The normalized spacial score (nSPS) is 10.0. The van der Waals surface area contributed by atoms with Gasteiger partial charge in [0.15, 0.2) is 0 Å². The summed E-state index contributed by atoms with van der Waals surface area (Å²) in [4.78, 5) is 16.2. The summed E-state index contributed by atoms with van der Waals surface area (Å²) in [5, 5.41) is 6.40. The number of rotatable bonds is 4. The molecular weight excluding hydrogens is 262 g/mol. The minimum absolute atomic E-state index is 0.216. The van der Waals surface area contributed by atoms with Crippen molar-refractivity contribution in [1.82, 2.24) is 4.98 Å². The van der Waals surface area contributed by atoms with Gasteiger partial charge in [-0.05, 0) is 31.2 Å². The number of para-hydroxylation sites is 1. The van der Waals surface area contributed by atoms with Crippen LogP contribution in [-0.2, 0) is 0 Å². The first-order chi connectivity index (χ1) is 9.20. The van der Waals surface area contributed by atoms with E-state index in [0.717, 1.165) is 12.2 Å². The highest BCUT2D eigenvalue weighted by Crippen LogP contribution is 2.17. The summed E-state index contributed by atoms with van der Waals surface area (Å²) in [6.07, 6.45) is 1.55. The van der Waals surface area contributed by atoms with Crippen LogP contribution in [0.25, 0.3) is 0 Å². The van der Waals surface area contributed by atoms with E-state index in [1.807, 2.05) is 25.1 Å². The number of carbonyl (C=O) groups is 1. The number of nitrogens with zero attached hydrogens (tertiary/aromatic N) is 1. The number of aromatic nitrogens is 1. The van der Waals surface area contributed by atoms with Crippen LogP contribution >= 0.6 is 11.6 Å². The second-order valence-corrected chi connectivity index (χ2v) is 4.33. The fourth-order valence-electron chi connectivity index (χ4n) is 1.68. The largest absolute Gasteiger partial charge is 0.385 e. The molecule has 0 saturated heterocycles. The molecule has 0 saturated carbocycles. The minimum atomic E-state index is -0.216. The molecule has 0 atom stereocenters. The first-order valence-electron chi connectivity index (χ1n) is 5.96. The molecule has 0 aliphatic carbocycles. The second kappa shape index (κ2) is 6.20. The van der Waals surface area contributed by atoms with E-state index in [9.17, 15) is 4.79 Å². The number of benzene rings is 1. The highest BCUT2D eigenvalue weighted by Gasteiger charge is 2.11. The SMILES string of the molecule is CCNc1ccccc1C(=O)Nc1cc(Cl)ccn1. The molecule has 0 fully saturated rings. The minimum Gasteiger partial charge on any atom is -0.385 e. The molecule has 0 radical (unpaired) electrons. The Bertz CT molecular complexity index is 586. The molecule has 0 unspecified atom stereocenters. The lowest BCUT2D eigenvalue weighted by molar-refractivity contribution is 0.102. The van der Waals surface area contributed by atoms with Gasteiger partial charge in [0.1, 0.15) is 5.82 Å². The average Bonchev–Trinajstić information content (AvgIpc) is 2.39. The van der Waals surface area contributed by atoms with Gasteiger partial charge >= 0.3 is 0 Å². The van der Waals surface area contributed by atoms with Crippen LogP contribution < -0.4 is 10.6 Å². The van der Waals surface area contributed by atoms with Crippen molar-refractivity contribution in [3.05, 3.63) is 53.2 Å². The van der Waals surface area contributed by atoms with E-state index >= 15 is 0 Å². The molecule has 1 amide bonds. The number of nitrogens with one attached hydrogen (secondary N) is 2. The van der Waals surface area contributed by atoms with Gasteiger partial charge in [-0.2, -0.15) is 0 Å². The first kappa shape index (κ1) is 13.4. The van der Waals surface area contributed by atoms with E-state index in [4.69, 9.17) is 11.6 Å². The smallest absolute Gasteiger partial charge is 0.258 e. The van der Waals surface area contributed by atoms with Crippen molar-refractivity contribution in [3.63, 3.8) is 0 Å². The van der Waals surface area contributed by atoms with Gasteiger partial charge in [0.25, 0.3) is 5.91 Å². The van der Waals surface area contributed by atoms with Crippen LogP contribution in [0.15, 0.2) is 42.6 Å². The summed E-state index contributed by atoms with van der Waals surface area (Å²) < 4.78 is 0. The van der Waals surface area contributed by atoms with Gasteiger partial charge in [0.2, 0.25) is 0 Å². The van der Waals surface area contributed by atoms with E-state index < -0.39 is 0 Å². The first-order valence-corrected chi connectivity index (χ1v) is 6.34. The molecule has 1 aromatic heterocycles. The molecular formula is C14H14ClN3O. The van der Waals surface area contributed by atoms with E-state index in [2.05, 4.69) is 15.6 Å². The molecule has 0 aliphatic rings. The fraction of sp³-hybridized carbons (Fsp3) is 0.143. The van der Waals surface area contributed by atoms with Gasteiger partial charge in [0.05, 0.1) is 5.56 Å². The highest BCUT2D eigenvalue weighted by atomic mass is 35.5. The van der Waals surface area contributed by atoms with Gasteiger partial charge in [-0.25, -0.2) is 4.98 Å². The third-order valence-corrected chi connectivity index (χ3v) is 2.74. The Kier molecular flexibility index (Phi) is 4.36. The topological polar surface area (TPSA) is 54.0 Å². The maximum atomic E-state index is 12.2. The highest BCUT2D eigenvalue weighted by molar-refractivity contribution is 6.30. The summed E-state index contributed by atoms with van der Waals surface area (Å²) in [7, 11) is 0. The number of anilines is 2. The molecule has 2 aromatic rings. The van der Waals surface area contributed by atoms with Crippen LogP contribution in [0.3, 0.4) is 0 Å². The summed E-state index contributed by atoms with van der Waals surface area (Å²) in [5.74, 6) is 0.218. The average molecular weight is 276 g/mol. The predicted molar refractivity (Wildman–Crippen MR) is 77.8 cm³/mol. The Morgan fingerprint density at radius 1 is 1.32 bits per heavy atom. The number of pyridine rings is 1. The number of hydrogen-bond acceptors (Lipinski definition) is 3. The van der Waals surface area contributed by atoms with Gasteiger partial charge < -0.3 is 10.6 Å². The number of amides is 1. The predicted octanol–water partition coefficient (Wildman–Crippen LogP) is 3.42. The van der Waals surface area contributed by atoms with E-state index in [1.54, 1.807) is 24.4 Å². The molecule has 4 nitrogen and oxygen atoms in total. The van der Waals surface area contributed by atoms with Crippen LogP contribution in [0, 0.1) is 0 Å². The lowest BCUT2D eigenvalue weighted by Gasteiger charge is -2.10. The molecule has 0 aliphatic heterocycles. The zero-order valence-corrected chi connectivity index (χ0v) is 11.2. The molecule has 0 bridgehead atoms. The Labute approximate surface area is 116 Å². The third-order valence-electron chi connectivity index (χ3n) is 2.50. The van der Waals surface area contributed by atoms with E-state index in [0.29, 0.717) is 16.4 Å². The molecule has 5 heteroatoms. The lowest BCUT2D eigenvalue weighted by Crippen LogP contribution is -2.15. The van der Waals surface area contributed by atoms with Gasteiger partial charge in [-0.1, -0.05) is 23.7 Å². The monoisotopic (exact) mass is 275 g/mol. The van der Waals surface area contributed by atoms with Crippen LogP contribution in [0.4, 0.5) is 11.5 Å². The second-order valence-electron chi connectivity index (χ2n) is 3.89. The Hall–Kier alpha value is -2.07. The van der Waals surface area contributed by atoms with E-state index in [-0.39, 0.29) is 5.91 Å². The van der Waals surface area contributed by atoms with Crippen molar-refractivity contribution in [3.8, 4) is 0 Å². The molecule has 2 rings (SSSR count). The quantitative estimate of drug-likeness (QED) is 0.899. The van der Waals surface area contributed by atoms with Crippen molar-refractivity contribution in [2.24, 2.45) is 0 Å². The summed E-state index contributed by atoms with van der Waals surface area (Å²) in [6, 6.07) is 10.6. The zero-order valence-electron chi connectivity index (χ0n) is 10.5. The van der Waals surface area contributed by atoms with Crippen molar-refractivity contribution in [2.75, 3.05) is 17.2 Å². The van der Waals surface area contributed by atoms with E-state index in [1.165, 1.54) is 0 Å². The maximum absolute atomic E-state index is 12.2. The molecule has 2 N–H and O–H groups in total. The van der Waals surface area contributed by atoms with Crippen molar-refractivity contribution >= 4 is 29.0 Å². The van der Waals surface area contributed by atoms with Crippen LogP contribution in [-0.4, -0.2) is 17.4 Å². The van der Waals surface area contributed by atoms with Gasteiger partial charge in [-0.15, -0.1) is 0 Å². The molecule has 0 spiro atoms. The summed E-state index contributed by atoms with van der Waals surface area (Å²) in [5.41, 5.74) is 1.37. The zero-order chi connectivity index (χ0) is 13.7. The standard InChI is InChI=1S/C14H14ClN3O/c1-2-16-12-6-4-3-5-11(12)14(19)18-13-9-10(15)7-8-17-13/h3-9,16H,2H2,1H3,(H,17,18,19). The number of halogens is 1. The Morgan fingerprint density at radius 3 is 2.84 bits per heavy atom. The summed E-state index contributed by atoms with van der Waals surface area (Å²) >= 11 is 5.85. The number of hydrogen-bond donors (Lipinski definition) is 2. The van der Waals surface area contributed by atoms with Gasteiger partial charge in [0, 0.05) is 23.5 Å². The number of carbonyl (C=O) groups excluding carboxylic acids is 1. The maximum Gasteiger partial charge on any atom is 0.258 e. The molecule has 98 valence electrons.